The van der Waals surface area contributed by atoms with E-state index in [2.05, 4.69) is 53.5 Å². The number of Topliss-reactive ketones (excluding diaryl/α,β-unsaturated/α-hetero) is 1. The Hall–Kier alpha value is -11.3. The molecule has 0 radical (unpaired) electrons. The van der Waals surface area contributed by atoms with E-state index in [1.807, 2.05) is 13.8 Å². The van der Waals surface area contributed by atoms with Gasteiger partial charge in [-0.1, -0.05) is 42.1 Å². The number of amides is 15. The molecule has 0 unspecified atom stereocenters. The molecule has 0 aromatic carbocycles. The number of carbonyl (C=O) groups excluding carboxylic acids is 16. The van der Waals surface area contributed by atoms with Crippen LogP contribution in [-0.4, -0.2) is 362 Å². The molecule has 12 saturated heterocycles. The minimum absolute atomic E-state index is 0.0121. The number of rotatable bonds is 3. The normalized spacial score (nSPS) is 31.4. The van der Waals surface area contributed by atoms with Gasteiger partial charge in [-0.3, -0.25) is 71.9 Å². The number of nitrogens with zero attached hydrogens (tertiary/aromatic N) is 21. The molecule has 41 nitrogen and oxygen atoms in total. The van der Waals surface area contributed by atoms with Gasteiger partial charge in [-0.2, -0.15) is 0 Å². The van der Waals surface area contributed by atoms with Crippen LogP contribution in [0.2, 0.25) is 0 Å². The fourth-order valence-corrected chi connectivity index (χ4v) is 21.5. The van der Waals surface area contributed by atoms with Gasteiger partial charge in [-0.15, -0.1) is 15.3 Å². The summed E-state index contributed by atoms with van der Waals surface area (Å²) in [5, 5.41) is 33.9. The van der Waals surface area contributed by atoms with Crippen LogP contribution < -0.4 is 16.0 Å². The second kappa shape index (κ2) is 36.6. The Morgan fingerprint density at radius 2 is 0.675 bits per heavy atom. The Balaban J connectivity index is 0.610. The number of fused-ring (bicyclic) bond motifs is 18. The predicted molar refractivity (Wildman–Crippen MR) is 427 cm³/mol. The molecule has 0 aliphatic carbocycles. The summed E-state index contributed by atoms with van der Waals surface area (Å²) in [6.07, 6.45) is 13.6. The van der Waals surface area contributed by atoms with Crippen molar-refractivity contribution in [3.8, 4) is 0 Å². The first-order valence-electron chi connectivity index (χ1n) is 44.3. The zero-order chi connectivity index (χ0) is 86.2. The molecule has 13 aliphatic heterocycles. The van der Waals surface area contributed by atoms with Crippen molar-refractivity contribution in [2.24, 2.45) is 11.8 Å². The van der Waals surface area contributed by atoms with Gasteiger partial charge < -0.3 is 79.5 Å². The second-order valence-electron chi connectivity index (χ2n) is 35.7. The summed E-state index contributed by atoms with van der Waals surface area (Å²) < 4.78 is 9.15. The number of alkyl carbamates (subject to hydrolysis) is 1. The first-order valence-corrected chi connectivity index (χ1v) is 44.3. The molecule has 16 heterocycles. The molecule has 41 heteroatoms. The first-order chi connectivity index (χ1) is 59.4. The van der Waals surface area contributed by atoms with Gasteiger partial charge in [-0.05, 0) is 147 Å². The largest absolute Gasteiger partial charge is 0.445 e. The number of ketones is 1. The Labute approximate surface area is 710 Å². The summed E-state index contributed by atoms with van der Waals surface area (Å²) in [4.78, 5) is 251. The highest BCUT2D eigenvalue weighted by molar-refractivity contribution is 6.00. The molecule has 12 fully saturated rings. The lowest BCUT2D eigenvalue weighted by molar-refractivity contribution is -0.152. The first kappa shape index (κ1) is 85.3. The lowest BCUT2D eigenvalue weighted by Crippen LogP contribution is -2.57. The zero-order valence-corrected chi connectivity index (χ0v) is 70.0. The van der Waals surface area contributed by atoms with Crippen molar-refractivity contribution >= 4 is 94.6 Å². The average molecular weight is 1710 g/mol. The summed E-state index contributed by atoms with van der Waals surface area (Å²) in [5.74, 6) is -6.27. The molecule has 15 amide bonds. The Bertz CT molecular complexity index is 4640. The summed E-state index contributed by atoms with van der Waals surface area (Å²) in [6, 6.07) is -11.7. The Morgan fingerprint density at radius 1 is 0.374 bits per heavy atom. The van der Waals surface area contributed by atoms with Crippen molar-refractivity contribution in [3.05, 3.63) is 48.3 Å². The smallest absolute Gasteiger partial charge is 0.407 e. The molecule has 662 valence electrons. The van der Waals surface area contributed by atoms with Gasteiger partial charge in [0.1, 0.15) is 104 Å². The van der Waals surface area contributed by atoms with E-state index in [-0.39, 0.29) is 196 Å². The van der Waals surface area contributed by atoms with Crippen LogP contribution in [0.3, 0.4) is 0 Å². The number of nitrogens with one attached hydrogen (secondary N) is 3. The van der Waals surface area contributed by atoms with Crippen LogP contribution in [-0.2, 0) is 116 Å². The van der Waals surface area contributed by atoms with Crippen molar-refractivity contribution in [2.45, 2.75) is 273 Å². The van der Waals surface area contributed by atoms with E-state index < -0.39 is 138 Å². The maximum atomic E-state index is 15.1. The van der Waals surface area contributed by atoms with Crippen molar-refractivity contribution in [1.82, 2.24) is 120 Å². The van der Waals surface area contributed by atoms with E-state index in [0.29, 0.717) is 133 Å². The van der Waals surface area contributed by atoms with Gasteiger partial charge in [0.2, 0.25) is 82.7 Å². The van der Waals surface area contributed by atoms with Gasteiger partial charge in [0.05, 0.1) is 43.3 Å². The van der Waals surface area contributed by atoms with Gasteiger partial charge >= 0.3 is 6.09 Å². The average Bonchev–Trinajstić information content (AvgIpc) is 1.64. The third kappa shape index (κ3) is 17.6. The molecular formula is C82H112N24O17. The van der Waals surface area contributed by atoms with Crippen molar-refractivity contribution < 1.29 is 81.4 Å². The molecule has 123 heavy (non-hydrogen) atoms. The molecule has 16 rings (SSSR count). The van der Waals surface area contributed by atoms with Crippen LogP contribution in [0.1, 0.15) is 172 Å². The molecule has 6 bridgehead atoms. The molecule has 3 N–H and O–H groups in total. The number of aryl methyl sites for hydroxylation is 1. The number of aromatic nitrogens is 9. The van der Waals surface area contributed by atoms with Crippen molar-refractivity contribution in [1.29, 1.82) is 0 Å². The maximum absolute atomic E-state index is 15.1. The summed E-state index contributed by atoms with van der Waals surface area (Å²) in [6.45, 7) is 8.84. The topological polar surface area (TPSA) is 449 Å². The van der Waals surface area contributed by atoms with E-state index in [0.717, 1.165) is 0 Å². The van der Waals surface area contributed by atoms with Crippen LogP contribution in [0.4, 0.5) is 4.79 Å². The van der Waals surface area contributed by atoms with Crippen LogP contribution in [0.25, 0.3) is 0 Å². The van der Waals surface area contributed by atoms with Gasteiger partial charge in [0.25, 0.3) is 0 Å². The Kier molecular flexibility index (Phi) is 25.4. The monoisotopic (exact) mass is 1700 g/mol. The lowest BCUT2D eigenvalue weighted by Gasteiger charge is -2.35. The Morgan fingerprint density at radius 3 is 1.09 bits per heavy atom. The van der Waals surface area contributed by atoms with Crippen LogP contribution >= 0.6 is 0 Å². The summed E-state index contributed by atoms with van der Waals surface area (Å²) in [7, 11) is 0. The fourth-order valence-electron chi connectivity index (χ4n) is 21.5. The maximum Gasteiger partial charge on any atom is 0.407 e. The highest BCUT2D eigenvalue weighted by Gasteiger charge is 2.54. The second-order valence-corrected chi connectivity index (χ2v) is 35.7. The van der Waals surface area contributed by atoms with Gasteiger partial charge in [0, 0.05) is 97.6 Å². The van der Waals surface area contributed by atoms with E-state index in [4.69, 9.17) is 4.74 Å². The third-order valence-corrected chi connectivity index (χ3v) is 27.5. The minimum Gasteiger partial charge on any atom is -0.445 e. The molecule has 0 saturated carbocycles. The van der Waals surface area contributed by atoms with Gasteiger partial charge in [-0.25, -0.2) is 18.8 Å². The van der Waals surface area contributed by atoms with E-state index >= 15 is 4.79 Å². The standard InChI is InChI=1S/C82H112N24O17/c1-4-34-123-82(122)85-52-37-66-81(121)102-32-12-21-62(102)77(117)100-30-9-18-59(100)74(114)96-26-5-14-55(96)67(107)24-23-51-42-92(89-86-51)46-68(108)95-25-8-17-58(95)73(113)99-29-11-20-61(99)76(116)101-31-10-19-60(101)75(115)97-27-6-15-56(97)71(111)83-38-53-43-93(90-87-53)47-69(109)104-40-49(2)35-64(104)79(119)103-33-13-22-63(103)78(118)106-41-50(3)36-65(106)80(120)98-28-7-16-57(98)72(112)84-39-54-44-94(91-88-54)48-70(110)105(66)45-52/h4,42-44,49-50,52,55-66H,1,5-41,45-48H2,2-3H3,(H,83,111)(H,84,112)(H,85,122)/t49-,50-,52-,55+,56+,57+,58+,59+,60+,61+,62+,63+,64+,65+,66+/m1/s1. The van der Waals surface area contributed by atoms with E-state index in [1.165, 1.54) is 66.8 Å². The summed E-state index contributed by atoms with van der Waals surface area (Å²) >= 11 is 0. The molecule has 15 atom stereocenters. The van der Waals surface area contributed by atoms with Gasteiger partial charge in [0.15, 0.2) is 5.78 Å². The fraction of sp³-hybridized carbons (Fsp3) is 0.707. The molecule has 3 aromatic rings. The highest BCUT2D eigenvalue weighted by atomic mass is 16.5. The van der Waals surface area contributed by atoms with Crippen LogP contribution in [0.15, 0.2) is 31.2 Å². The minimum atomic E-state index is -1.17. The number of hydrogen-bond donors (Lipinski definition) is 3. The SMILES string of the molecule is C=CCOC(=O)N[C@@H]1C[C@H]2C(=O)N3CCC[C@H]3C(=O)N3CCC[C@H]3C(=O)N3CCC[C@H]3C(=O)CCc3cn(nn3)CC(=O)N3CCC[C@H]3C(=O)N3CCC[C@H]3C(=O)N3CCC[C@H]3C(=O)N3CCC[C@H]3C(=O)NCc3cn(nn3)CC(=O)N3C[C@H](C)C[C@H]3C(=O)N3CCC[C@H]3C(=O)N3C[C@H](C)C[C@H]3C(=O)N3CCC[C@H]3C(=O)NCc3cn(nn3)CC(=O)N2C1. The zero-order valence-electron chi connectivity index (χ0n) is 70.0. The molecular weight excluding hydrogens is 1590 g/mol. The molecule has 3 aromatic heterocycles. The van der Waals surface area contributed by atoms with E-state index in [1.54, 1.807) is 30.7 Å². The van der Waals surface area contributed by atoms with E-state index in [9.17, 15) is 71.9 Å². The number of hydrogen-bond acceptors (Lipinski definition) is 23. The summed E-state index contributed by atoms with van der Waals surface area (Å²) in [5.41, 5.74) is 1.01. The van der Waals surface area contributed by atoms with Crippen LogP contribution in [0, 0.1) is 11.8 Å². The van der Waals surface area contributed by atoms with Crippen molar-refractivity contribution in [2.75, 3.05) is 85.1 Å². The van der Waals surface area contributed by atoms with Crippen molar-refractivity contribution in [3.63, 3.8) is 0 Å². The lowest BCUT2D eigenvalue weighted by atomic mass is 10.0. The molecule has 0 spiro atoms. The highest BCUT2D eigenvalue weighted by Crippen LogP contribution is 2.38. The third-order valence-electron chi connectivity index (χ3n) is 27.5. The number of ether oxygens (including phenoxy) is 1. The predicted octanol–water partition coefficient (Wildman–Crippen LogP) is -2.12. The quantitative estimate of drug-likeness (QED) is 0.236. The van der Waals surface area contributed by atoms with Crippen LogP contribution in [0.5, 0.6) is 0 Å². The number of carbonyl (C=O) groups is 16. The molecule has 13 aliphatic rings.